The van der Waals surface area contributed by atoms with Crippen molar-refractivity contribution in [3.63, 3.8) is 0 Å². The fraction of sp³-hybridized carbons (Fsp3) is 0.133. The fourth-order valence-electron chi connectivity index (χ4n) is 1.81. The Morgan fingerprint density at radius 2 is 2.00 bits per heavy atom. The molecule has 20 heavy (non-hydrogen) atoms. The Bertz CT molecular complexity index is 697. The second-order valence-corrected chi connectivity index (χ2v) is 5.18. The maximum atomic E-state index is 5.71. The van der Waals surface area contributed by atoms with Gasteiger partial charge in [0, 0.05) is 5.69 Å². The van der Waals surface area contributed by atoms with E-state index < -0.39 is 0 Å². The van der Waals surface area contributed by atoms with Gasteiger partial charge in [0.25, 0.3) is 5.22 Å². The lowest BCUT2D eigenvalue weighted by Crippen LogP contribution is -1.91. The molecule has 5 heteroatoms. The molecule has 0 bridgehead atoms. The van der Waals surface area contributed by atoms with Crippen LogP contribution in [0.5, 0.6) is 0 Å². The average Bonchev–Trinajstić information content (AvgIpc) is 2.86. The number of hydrogen-bond donors (Lipinski definition) is 1. The van der Waals surface area contributed by atoms with E-state index in [4.69, 9.17) is 14.9 Å². The van der Waals surface area contributed by atoms with Crippen molar-refractivity contribution in [2.45, 2.75) is 11.8 Å². The maximum Gasteiger partial charge on any atom is 0.259 e. The van der Waals surface area contributed by atoms with Crippen molar-refractivity contribution in [2.24, 2.45) is 0 Å². The highest BCUT2D eigenvalue weighted by molar-refractivity contribution is 7.98. The molecule has 0 aliphatic rings. The molecule has 0 aliphatic heterocycles. The van der Waals surface area contributed by atoms with Crippen LogP contribution in [0.2, 0.25) is 0 Å². The molecule has 1 aromatic heterocycles. The highest BCUT2D eigenvalue weighted by Crippen LogP contribution is 2.24. The van der Waals surface area contributed by atoms with E-state index in [9.17, 15) is 0 Å². The van der Waals surface area contributed by atoms with Gasteiger partial charge in [0.05, 0.1) is 6.61 Å². The number of nitrogen functional groups attached to an aromatic ring is 1. The van der Waals surface area contributed by atoms with Gasteiger partial charge in [-0.2, -0.15) is 0 Å². The van der Waals surface area contributed by atoms with Crippen LogP contribution in [0.25, 0.3) is 11.1 Å². The summed E-state index contributed by atoms with van der Waals surface area (Å²) >= 11 is 1.43. The summed E-state index contributed by atoms with van der Waals surface area (Å²) in [4.78, 5) is 4.35. The molecule has 2 aromatic carbocycles. The molecular formula is C15H14N2O2S. The van der Waals surface area contributed by atoms with Crippen LogP contribution in [-0.4, -0.2) is 10.9 Å². The molecule has 0 radical (unpaired) electrons. The molecule has 0 saturated carbocycles. The van der Waals surface area contributed by atoms with E-state index in [-0.39, 0.29) is 0 Å². The van der Waals surface area contributed by atoms with Gasteiger partial charge < -0.3 is 14.9 Å². The van der Waals surface area contributed by atoms with E-state index in [1.807, 2.05) is 36.4 Å². The van der Waals surface area contributed by atoms with Crippen LogP contribution in [-0.2, 0) is 11.3 Å². The van der Waals surface area contributed by atoms with Gasteiger partial charge in [-0.05, 0) is 35.5 Å². The van der Waals surface area contributed by atoms with E-state index in [1.54, 1.807) is 12.1 Å². The van der Waals surface area contributed by atoms with Crippen LogP contribution >= 0.6 is 11.8 Å². The summed E-state index contributed by atoms with van der Waals surface area (Å²) < 4.78 is 11.2. The summed E-state index contributed by atoms with van der Waals surface area (Å²) in [5, 5.41) is 0.596. The Labute approximate surface area is 120 Å². The Kier molecular flexibility index (Phi) is 3.90. The Morgan fingerprint density at radius 3 is 2.85 bits per heavy atom. The van der Waals surface area contributed by atoms with Gasteiger partial charge in [-0.1, -0.05) is 30.3 Å². The van der Waals surface area contributed by atoms with E-state index in [0.717, 1.165) is 16.7 Å². The molecule has 3 aromatic rings. The van der Waals surface area contributed by atoms with E-state index in [1.165, 1.54) is 11.8 Å². The molecule has 0 atom stereocenters. The quantitative estimate of drug-likeness (QED) is 0.335. The number of fused-ring (bicyclic) bond motifs is 1. The minimum Gasteiger partial charge on any atom is -0.431 e. The molecule has 0 fully saturated rings. The molecule has 4 nitrogen and oxygen atoms in total. The lowest BCUT2D eigenvalue weighted by Gasteiger charge is -2.01. The monoisotopic (exact) mass is 286 g/mol. The van der Waals surface area contributed by atoms with Crippen LogP contribution in [0, 0.1) is 0 Å². The number of thioether (sulfide) groups is 1. The molecule has 102 valence electrons. The highest BCUT2D eigenvalue weighted by Gasteiger charge is 2.06. The molecule has 2 N–H and O–H groups in total. The van der Waals surface area contributed by atoms with Gasteiger partial charge in [0.2, 0.25) is 0 Å². The van der Waals surface area contributed by atoms with Crippen LogP contribution in [0.15, 0.2) is 58.2 Å². The van der Waals surface area contributed by atoms with Gasteiger partial charge in [-0.3, -0.25) is 0 Å². The number of ether oxygens (including phenoxy) is 1. The molecule has 0 amide bonds. The maximum absolute atomic E-state index is 5.71. The van der Waals surface area contributed by atoms with Crippen molar-refractivity contribution in [2.75, 3.05) is 11.7 Å². The van der Waals surface area contributed by atoms with Gasteiger partial charge in [0.15, 0.2) is 5.58 Å². The first-order valence-corrected chi connectivity index (χ1v) is 7.20. The van der Waals surface area contributed by atoms with Crippen LogP contribution in [0.1, 0.15) is 5.56 Å². The van der Waals surface area contributed by atoms with Gasteiger partial charge in [0.1, 0.15) is 11.5 Å². The zero-order chi connectivity index (χ0) is 13.8. The minimum atomic E-state index is 0.497. The number of benzene rings is 2. The SMILES string of the molecule is Nc1ccc2oc(SCOCc3ccccc3)nc2c1. The van der Waals surface area contributed by atoms with Crippen molar-refractivity contribution in [1.82, 2.24) is 4.98 Å². The standard InChI is InChI=1S/C15H14N2O2S/c16-12-6-7-14-13(8-12)17-15(19-14)20-10-18-9-11-4-2-1-3-5-11/h1-8H,9-10,16H2. The normalized spacial score (nSPS) is 11.0. The predicted octanol–water partition coefficient (Wildman–Crippen LogP) is 3.68. The largest absolute Gasteiger partial charge is 0.431 e. The number of hydrogen-bond acceptors (Lipinski definition) is 5. The van der Waals surface area contributed by atoms with Gasteiger partial charge in [-0.25, -0.2) is 4.98 Å². The Balaban J connectivity index is 1.55. The molecule has 1 heterocycles. The number of nitrogens with zero attached hydrogens (tertiary/aromatic N) is 1. The Morgan fingerprint density at radius 1 is 1.15 bits per heavy atom. The summed E-state index contributed by atoms with van der Waals surface area (Å²) in [5.74, 6) is 0.497. The van der Waals surface area contributed by atoms with Crippen molar-refractivity contribution in [1.29, 1.82) is 0 Å². The average molecular weight is 286 g/mol. The molecular weight excluding hydrogens is 272 g/mol. The fourth-order valence-corrected chi connectivity index (χ4v) is 2.39. The molecule has 0 aliphatic carbocycles. The second-order valence-electron chi connectivity index (χ2n) is 4.30. The van der Waals surface area contributed by atoms with Crippen molar-refractivity contribution in [3.05, 3.63) is 54.1 Å². The van der Waals surface area contributed by atoms with E-state index in [0.29, 0.717) is 23.5 Å². The summed E-state index contributed by atoms with van der Waals surface area (Å²) in [5.41, 5.74) is 9.05. The summed E-state index contributed by atoms with van der Waals surface area (Å²) in [6, 6.07) is 15.5. The van der Waals surface area contributed by atoms with Crippen LogP contribution in [0.4, 0.5) is 5.69 Å². The summed E-state index contributed by atoms with van der Waals surface area (Å²) in [7, 11) is 0. The first-order chi connectivity index (χ1) is 9.81. The molecule has 0 spiro atoms. The number of oxazole rings is 1. The van der Waals surface area contributed by atoms with E-state index >= 15 is 0 Å². The zero-order valence-corrected chi connectivity index (χ0v) is 11.6. The van der Waals surface area contributed by atoms with E-state index in [2.05, 4.69) is 4.98 Å². The van der Waals surface area contributed by atoms with Crippen molar-refractivity contribution in [3.8, 4) is 0 Å². The Hall–Kier alpha value is -1.98. The summed E-state index contributed by atoms with van der Waals surface area (Å²) in [6.07, 6.45) is 0. The number of nitrogens with two attached hydrogens (primary N) is 1. The predicted molar refractivity (Wildman–Crippen MR) is 80.4 cm³/mol. The second kappa shape index (κ2) is 5.98. The lowest BCUT2D eigenvalue weighted by molar-refractivity contribution is 0.168. The van der Waals surface area contributed by atoms with Gasteiger partial charge >= 0.3 is 0 Å². The summed E-state index contributed by atoms with van der Waals surface area (Å²) in [6.45, 7) is 0.584. The minimum absolute atomic E-state index is 0.497. The lowest BCUT2D eigenvalue weighted by atomic mass is 10.2. The van der Waals surface area contributed by atoms with Crippen LogP contribution in [0.3, 0.4) is 0 Å². The number of rotatable bonds is 5. The van der Waals surface area contributed by atoms with Crippen LogP contribution < -0.4 is 5.73 Å². The number of anilines is 1. The smallest absolute Gasteiger partial charge is 0.259 e. The van der Waals surface area contributed by atoms with Crippen molar-refractivity contribution < 1.29 is 9.15 Å². The third kappa shape index (κ3) is 3.12. The molecule has 0 saturated heterocycles. The number of aromatic nitrogens is 1. The molecule has 3 rings (SSSR count). The zero-order valence-electron chi connectivity index (χ0n) is 10.8. The molecule has 0 unspecified atom stereocenters. The third-order valence-corrected chi connectivity index (χ3v) is 3.48. The first kappa shape index (κ1) is 13.0. The van der Waals surface area contributed by atoms with Gasteiger partial charge in [-0.15, -0.1) is 0 Å². The highest BCUT2D eigenvalue weighted by atomic mass is 32.2. The topological polar surface area (TPSA) is 61.3 Å². The third-order valence-electron chi connectivity index (χ3n) is 2.77. The first-order valence-electron chi connectivity index (χ1n) is 6.22. The van der Waals surface area contributed by atoms with Crippen molar-refractivity contribution >= 4 is 28.5 Å².